The summed E-state index contributed by atoms with van der Waals surface area (Å²) in [4.78, 5) is 36.3. The minimum absolute atomic E-state index is 0.0340. The highest BCUT2D eigenvalue weighted by Gasteiger charge is 2.20. The van der Waals surface area contributed by atoms with Gasteiger partial charge >= 0.3 is 0 Å². The van der Waals surface area contributed by atoms with E-state index in [9.17, 15) is 9.59 Å². The third-order valence-corrected chi connectivity index (χ3v) is 7.32. The van der Waals surface area contributed by atoms with E-state index in [2.05, 4.69) is 9.97 Å². The van der Waals surface area contributed by atoms with Gasteiger partial charge in [0.2, 0.25) is 5.91 Å². The number of amides is 1. The van der Waals surface area contributed by atoms with Crippen LogP contribution < -0.4 is 10.3 Å². The molecule has 0 aliphatic heterocycles. The maximum Gasteiger partial charge on any atom is 0.259 e. The fourth-order valence-corrected chi connectivity index (χ4v) is 5.67. The first-order valence-corrected chi connectivity index (χ1v) is 12.1. The zero-order chi connectivity index (χ0) is 20.9. The van der Waals surface area contributed by atoms with Crippen molar-refractivity contribution in [1.29, 1.82) is 0 Å². The second-order valence-electron chi connectivity index (χ2n) is 7.37. The lowest BCUT2D eigenvalue weighted by molar-refractivity contribution is -0.127. The molecule has 6 nitrogen and oxygen atoms in total. The lowest BCUT2D eigenvalue weighted by Gasteiger charge is -2.17. The van der Waals surface area contributed by atoms with Gasteiger partial charge in [0.25, 0.3) is 5.56 Å². The molecular weight excluding hydrogens is 418 g/mol. The number of aromatic amines is 1. The predicted octanol–water partition coefficient (Wildman–Crippen LogP) is 3.63. The lowest BCUT2D eigenvalue weighted by Crippen LogP contribution is -2.32. The zero-order valence-corrected chi connectivity index (χ0v) is 18.6. The number of nitrogens with zero attached hydrogens (tertiary/aromatic N) is 2. The highest BCUT2D eigenvalue weighted by Crippen LogP contribution is 2.33. The van der Waals surface area contributed by atoms with Crippen LogP contribution in [0, 0.1) is 0 Å². The Morgan fingerprint density at radius 2 is 2.07 bits per heavy atom. The predicted molar refractivity (Wildman–Crippen MR) is 123 cm³/mol. The normalized spacial score (nSPS) is 13.2. The summed E-state index contributed by atoms with van der Waals surface area (Å²) >= 11 is 3.12. The maximum absolute atomic E-state index is 12.6. The molecule has 2 heterocycles. The average molecular weight is 444 g/mol. The number of carbonyl (C=O) groups is 1. The van der Waals surface area contributed by atoms with Crippen LogP contribution in [0.4, 0.5) is 0 Å². The van der Waals surface area contributed by atoms with E-state index in [0.717, 1.165) is 35.2 Å². The van der Waals surface area contributed by atoms with Crippen molar-refractivity contribution >= 4 is 39.2 Å². The van der Waals surface area contributed by atoms with Crippen LogP contribution in [0.3, 0.4) is 0 Å². The largest absolute Gasteiger partial charge is 0.492 e. The van der Waals surface area contributed by atoms with Crippen molar-refractivity contribution in [2.24, 2.45) is 0 Å². The molecular formula is C22H25N3O3S2. The first-order valence-electron chi connectivity index (χ1n) is 10.1. The molecule has 1 aliphatic carbocycles. The van der Waals surface area contributed by atoms with Crippen molar-refractivity contribution in [2.75, 3.05) is 26.0 Å². The van der Waals surface area contributed by atoms with Crippen LogP contribution in [0.15, 0.2) is 35.1 Å². The van der Waals surface area contributed by atoms with Gasteiger partial charge in [0.15, 0.2) is 0 Å². The van der Waals surface area contributed by atoms with Gasteiger partial charge in [-0.15, -0.1) is 23.1 Å². The number of thioether (sulfide) groups is 1. The summed E-state index contributed by atoms with van der Waals surface area (Å²) in [5, 5.41) is 0.776. The van der Waals surface area contributed by atoms with Crippen LogP contribution in [-0.2, 0) is 23.4 Å². The average Bonchev–Trinajstić information content (AvgIpc) is 3.13. The summed E-state index contributed by atoms with van der Waals surface area (Å²) in [6.07, 6.45) is 4.35. The number of benzene rings is 1. The maximum atomic E-state index is 12.6. The number of ether oxygens (including phenoxy) is 1. The fraction of sp³-hybridized carbons (Fsp3) is 0.409. The van der Waals surface area contributed by atoms with E-state index in [0.29, 0.717) is 30.5 Å². The lowest BCUT2D eigenvalue weighted by atomic mass is 9.97. The van der Waals surface area contributed by atoms with Crippen LogP contribution in [0.5, 0.6) is 5.75 Å². The number of aryl methyl sites for hydroxylation is 2. The molecule has 1 aliphatic rings. The quantitative estimate of drug-likeness (QED) is 0.575. The molecule has 4 rings (SSSR count). The minimum Gasteiger partial charge on any atom is -0.492 e. The van der Waals surface area contributed by atoms with E-state index in [1.807, 2.05) is 30.3 Å². The van der Waals surface area contributed by atoms with Crippen LogP contribution in [0.2, 0.25) is 0 Å². The molecule has 0 saturated carbocycles. The van der Waals surface area contributed by atoms with Gasteiger partial charge in [-0.1, -0.05) is 18.2 Å². The van der Waals surface area contributed by atoms with Gasteiger partial charge in [-0.2, -0.15) is 0 Å². The Balaban J connectivity index is 1.27. The number of hydrogen-bond donors (Lipinski definition) is 1. The van der Waals surface area contributed by atoms with Gasteiger partial charge in [-0.05, 0) is 43.4 Å². The van der Waals surface area contributed by atoms with Gasteiger partial charge in [-0.3, -0.25) is 9.59 Å². The molecule has 3 aromatic rings. The molecule has 158 valence electrons. The number of hydrogen-bond acceptors (Lipinski definition) is 6. The Morgan fingerprint density at radius 3 is 2.90 bits per heavy atom. The monoisotopic (exact) mass is 443 g/mol. The van der Waals surface area contributed by atoms with E-state index in [-0.39, 0.29) is 11.5 Å². The van der Waals surface area contributed by atoms with Gasteiger partial charge in [0.05, 0.1) is 23.4 Å². The Kier molecular flexibility index (Phi) is 6.74. The summed E-state index contributed by atoms with van der Waals surface area (Å²) in [5.41, 5.74) is 1.15. The first-order chi connectivity index (χ1) is 14.6. The molecule has 0 spiro atoms. The summed E-state index contributed by atoms with van der Waals surface area (Å²) in [6, 6.07) is 9.56. The molecule has 8 heteroatoms. The number of aromatic nitrogens is 2. The van der Waals surface area contributed by atoms with Gasteiger partial charge in [0.1, 0.15) is 23.0 Å². The molecule has 30 heavy (non-hydrogen) atoms. The highest BCUT2D eigenvalue weighted by molar-refractivity contribution is 7.99. The number of nitrogens with one attached hydrogen (secondary N) is 1. The number of carbonyl (C=O) groups excluding carboxylic acids is 1. The van der Waals surface area contributed by atoms with Crippen LogP contribution >= 0.6 is 23.1 Å². The standard InChI is InChI=1S/C22H25N3O3S2/c1-25(11-12-28-15-7-3-2-4-8-15)19(26)14-29-13-18-23-21(27)20-16-9-5-6-10-17(16)30-22(20)24-18/h2-4,7-8H,5-6,9-14H2,1H3,(H,23,24,27). The zero-order valence-electron chi connectivity index (χ0n) is 17.0. The molecule has 1 N–H and O–H groups in total. The third-order valence-electron chi connectivity index (χ3n) is 5.20. The first kappa shape index (κ1) is 20.9. The van der Waals surface area contributed by atoms with Crippen molar-refractivity contribution in [3.8, 4) is 5.75 Å². The van der Waals surface area contributed by atoms with Crippen LogP contribution in [-0.4, -0.2) is 46.7 Å². The SMILES string of the molecule is CN(CCOc1ccccc1)C(=O)CSCc1nc2sc3c(c2c(=O)[nH]1)CCCC3. The molecule has 0 atom stereocenters. The fourth-order valence-electron chi connectivity index (χ4n) is 3.56. The molecule has 2 aromatic heterocycles. The second kappa shape index (κ2) is 9.66. The molecule has 1 aromatic carbocycles. The summed E-state index contributed by atoms with van der Waals surface area (Å²) < 4.78 is 5.64. The van der Waals surface area contributed by atoms with E-state index < -0.39 is 0 Å². The van der Waals surface area contributed by atoms with Crippen molar-refractivity contribution in [1.82, 2.24) is 14.9 Å². The van der Waals surface area contributed by atoms with Crippen molar-refractivity contribution in [3.05, 3.63) is 57.0 Å². The number of thiophene rings is 1. The number of H-pyrrole nitrogens is 1. The van der Waals surface area contributed by atoms with Gasteiger partial charge in [-0.25, -0.2) is 4.98 Å². The summed E-state index contributed by atoms with van der Waals surface area (Å²) in [7, 11) is 1.78. The summed E-state index contributed by atoms with van der Waals surface area (Å²) in [6.45, 7) is 0.974. The van der Waals surface area contributed by atoms with Gasteiger partial charge in [0, 0.05) is 11.9 Å². The Hall–Kier alpha value is -2.32. The molecule has 0 fully saturated rings. The molecule has 0 radical (unpaired) electrons. The third kappa shape index (κ3) is 4.87. The molecule has 0 saturated heterocycles. The highest BCUT2D eigenvalue weighted by atomic mass is 32.2. The number of fused-ring (bicyclic) bond motifs is 3. The molecule has 1 amide bonds. The smallest absolute Gasteiger partial charge is 0.259 e. The number of para-hydroxylation sites is 1. The van der Waals surface area contributed by atoms with Crippen molar-refractivity contribution in [2.45, 2.75) is 31.4 Å². The molecule has 0 unspecified atom stereocenters. The minimum atomic E-state index is -0.0449. The van der Waals surface area contributed by atoms with E-state index >= 15 is 0 Å². The topological polar surface area (TPSA) is 75.3 Å². The van der Waals surface area contributed by atoms with Crippen LogP contribution in [0.1, 0.15) is 29.1 Å². The van der Waals surface area contributed by atoms with E-state index in [1.165, 1.54) is 28.6 Å². The van der Waals surface area contributed by atoms with Crippen molar-refractivity contribution < 1.29 is 9.53 Å². The van der Waals surface area contributed by atoms with E-state index in [4.69, 9.17) is 4.74 Å². The van der Waals surface area contributed by atoms with Gasteiger partial charge < -0.3 is 14.6 Å². The second-order valence-corrected chi connectivity index (χ2v) is 9.44. The Morgan fingerprint density at radius 1 is 1.27 bits per heavy atom. The number of rotatable bonds is 8. The summed E-state index contributed by atoms with van der Waals surface area (Å²) in [5.74, 6) is 2.32. The van der Waals surface area contributed by atoms with E-state index in [1.54, 1.807) is 23.3 Å². The van der Waals surface area contributed by atoms with Crippen LogP contribution in [0.25, 0.3) is 10.2 Å². The Bertz CT molecular complexity index is 1080. The molecule has 0 bridgehead atoms. The van der Waals surface area contributed by atoms with Crippen molar-refractivity contribution in [3.63, 3.8) is 0 Å². The Labute approximate surface area is 183 Å². The number of likely N-dealkylation sites (N-methyl/N-ethyl adjacent to an activating group) is 1.